The van der Waals surface area contributed by atoms with Gasteiger partial charge in [-0.3, -0.25) is 0 Å². The second kappa shape index (κ2) is 7.88. The van der Waals surface area contributed by atoms with Crippen molar-refractivity contribution in [2.24, 2.45) is 0 Å². The Kier molecular flexibility index (Phi) is 7.30. The molecule has 7 nitrogen and oxygen atoms in total. The largest absolute Gasteiger partial charge is 0.480 e. The van der Waals surface area contributed by atoms with Gasteiger partial charge in [0.05, 0.1) is 5.60 Å². The number of carbonyl (C=O) groups excluding carboxylic acids is 1. The molecule has 0 saturated heterocycles. The van der Waals surface area contributed by atoms with Crippen LogP contribution < -0.4 is 10.6 Å². The molecule has 3 N–H and O–H groups in total. The zero-order chi connectivity index (χ0) is 14.2. The van der Waals surface area contributed by atoms with E-state index in [4.69, 9.17) is 14.6 Å². The van der Waals surface area contributed by atoms with Gasteiger partial charge >= 0.3 is 12.0 Å². The summed E-state index contributed by atoms with van der Waals surface area (Å²) in [5.41, 5.74) is -0.497. The maximum atomic E-state index is 11.5. The SMILES string of the molecule is COCCC(NC(=O)NCC(C)(C)OC)C(=O)O. The Morgan fingerprint density at radius 3 is 2.39 bits per heavy atom. The summed E-state index contributed by atoms with van der Waals surface area (Å²) in [5, 5.41) is 13.8. The van der Waals surface area contributed by atoms with Gasteiger partial charge in [-0.15, -0.1) is 0 Å². The number of urea groups is 1. The quantitative estimate of drug-likeness (QED) is 0.580. The van der Waals surface area contributed by atoms with Crippen LogP contribution in [0, 0.1) is 0 Å². The summed E-state index contributed by atoms with van der Waals surface area (Å²) in [6, 6.07) is -1.50. The molecule has 0 aliphatic heterocycles. The minimum absolute atomic E-state index is 0.215. The Balaban J connectivity index is 4.14. The van der Waals surface area contributed by atoms with Crippen molar-refractivity contribution in [3.05, 3.63) is 0 Å². The minimum atomic E-state index is -1.09. The number of nitrogens with one attached hydrogen (secondary N) is 2. The summed E-state index contributed by atoms with van der Waals surface area (Å²) in [5.74, 6) is -1.09. The Morgan fingerprint density at radius 2 is 1.94 bits per heavy atom. The third-order valence-electron chi connectivity index (χ3n) is 2.44. The van der Waals surface area contributed by atoms with Crippen molar-refractivity contribution in [2.45, 2.75) is 31.9 Å². The Bertz CT molecular complexity index is 281. The van der Waals surface area contributed by atoms with E-state index in [0.29, 0.717) is 0 Å². The lowest BCUT2D eigenvalue weighted by Gasteiger charge is -2.23. The Morgan fingerprint density at radius 1 is 1.33 bits per heavy atom. The van der Waals surface area contributed by atoms with Crippen molar-refractivity contribution >= 4 is 12.0 Å². The maximum absolute atomic E-state index is 11.5. The van der Waals surface area contributed by atoms with Crippen molar-refractivity contribution in [2.75, 3.05) is 27.4 Å². The molecule has 1 unspecified atom stereocenters. The lowest BCUT2D eigenvalue weighted by molar-refractivity contribution is -0.139. The van der Waals surface area contributed by atoms with E-state index in [-0.39, 0.29) is 19.6 Å². The molecule has 0 aliphatic rings. The van der Waals surface area contributed by atoms with Crippen LogP contribution in [0.15, 0.2) is 0 Å². The van der Waals surface area contributed by atoms with E-state index >= 15 is 0 Å². The van der Waals surface area contributed by atoms with Gasteiger partial charge in [0.1, 0.15) is 6.04 Å². The number of rotatable bonds is 8. The van der Waals surface area contributed by atoms with Gasteiger partial charge in [-0.25, -0.2) is 9.59 Å². The second-order valence-electron chi connectivity index (χ2n) is 4.46. The third-order valence-corrected chi connectivity index (χ3v) is 2.44. The summed E-state index contributed by atoms with van der Waals surface area (Å²) < 4.78 is 9.91. The number of ether oxygens (including phenoxy) is 2. The first-order chi connectivity index (χ1) is 8.32. The number of carbonyl (C=O) groups is 2. The lowest BCUT2D eigenvalue weighted by Crippen LogP contribution is -2.49. The van der Waals surface area contributed by atoms with Crippen molar-refractivity contribution in [1.82, 2.24) is 10.6 Å². The van der Waals surface area contributed by atoms with Gasteiger partial charge in [0, 0.05) is 33.8 Å². The summed E-state index contributed by atoms with van der Waals surface area (Å²) in [4.78, 5) is 22.4. The van der Waals surface area contributed by atoms with Gasteiger partial charge < -0.3 is 25.2 Å². The summed E-state index contributed by atoms with van der Waals surface area (Å²) in [6.45, 7) is 4.17. The molecule has 2 amide bonds. The van der Waals surface area contributed by atoms with Gasteiger partial charge in [-0.2, -0.15) is 0 Å². The molecular formula is C11H22N2O5. The molecule has 18 heavy (non-hydrogen) atoms. The van der Waals surface area contributed by atoms with Crippen molar-refractivity contribution in [3.63, 3.8) is 0 Å². The third kappa shape index (κ3) is 7.08. The normalized spacial score (nSPS) is 12.9. The lowest BCUT2D eigenvalue weighted by atomic mass is 10.1. The minimum Gasteiger partial charge on any atom is -0.480 e. The number of hydrogen-bond donors (Lipinski definition) is 3. The van der Waals surface area contributed by atoms with Gasteiger partial charge in [0.2, 0.25) is 0 Å². The van der Waals surface area contributed by atoms with Crippen LogP contribution in [0.3, 0.4) is 0 Å². The first-order valence-electron chi connectivity index (χ1n) is 5.63. The molecule has 0 saturated carbocycles. The van der Waals surface area contributed by atoms with E-state index in [1.165, 1.54) is 14.2 Å². The van der Waals surface area contributed by atoms with Crippen LogP contribution in [0.1, 0.15) is 20.3 Å². The molecule has 7 heteroatoms. The summed E-state index contributed by atoms with van der Waals surface area (Å²) in [7, 11) is 3.01. The zero-order valence-corrected chi connectivity index (χ0v) is 11.3. The molecule has 0 radical (unpaired) electrons. The smallest absolute Gasteiger partial charge is 0.326 e. The fourth-order valence-corrected chi connectivity index (χ4v) is 1.07. The van der Waals surface area contributed by atoms with E-state index in [0.717, 1.165) is 0 Å². The fraction of sp³-hybridized carbons (Fsp3) is 0.818. The van der Waals surface area contributed by atoms with E-state index in [2.05, 4.69) is 10.6 Å². The molecule has 0 fully saturated rings. The van der Waals surface area contributed by atoms with E-state index in [1.807, 2.05) is 13.8 Å². The van der Waals surface area contributed by atoms with E-state index < -0.39 is 23.6 Å². The topological polar surface area (TPSA) is 96.9 Å². The number of amides is 2. The highest BCUT2D eigenvalue weighted by molar-refractivity contribution is 5.82. The molecule has 1 atom stereocenters. The van der Waals surface area contributed by atoms with Gasteiger partial charge in [0.15, 0.2) is 0 Å². The van der Waals surface area contributed by atoms with Crippen LogP contribution in [0.2, 0.25) is 0 Å². The monoisotopic (exact) mass is 262 g/mol. The number of methoxy groups -OCH3 is 2. The van der Waals surface area contributed by atoms with Gasteiger partial charge in [-0.1, -0.05) is 0 Å². The number of aliphatic carboxylic acids is 1. The van der Waals surface area contributed by atoms with Crippen LogP contribution in [0.4, 0.5) is 4.79 Å². The van der Waals surface area contributed by atoms with Crippen LogP contribution in [-0.4, -0.2) is 56.1 Å². The van der Waals surface area contributed by atoms with E-state index in [9.17, 15) is 9.59 Å². The highest BCUT2D eigenvalue weighted by Crippen LogP contribution is 2.04. The highest BCUT2D eigenvalue weighted by Gasteiger charge is 2.21. The molecule has 0 rings (SSSR count). The van der Waals surface area contributed by atoms with Crippen molar-refractivity contribution in [1.29, 1.82) is 0 Å². The Hall–Kier alpha value is -1.34. The first-order valence-corrected chi connectivity index (χ1v) is 5.63. The second-order valence-corrected chi connectivity index (χ2v) is 4.46. The van der Waals surface area contributed by atoms with Crippen molar-refractivity contribution < 1.29 is 24.2 Å². The standard InChI is InChI=1S/C11H22N2O5/c1-11(2,18-4)7-12-10(16)13-8(9(14)15)5-6-17-3/h8H,5-7H2,1-4H3,(H,14,15)(H2,12,13,16). The number of hydrogen-bond acceptors (Lipinski definition) is 4. The van der Waals surface area contributed by atoms with E-state index in [1.54, 1.807) is 0 Å². The van der Waals surface area contributed by atoms with Crippen LogP contribution in [0.25, 0.3) is 0 Å². The van der Waals surface area contributed by atoms with Gasteiger partial charge in [-0.05, 0) is 13.8 Å². The molecule has 0 heterocycles. The average molecular weight is 262 g/mol. The summed E-state index contributed by atoms with van der Waals surface area (Å²) in [6.07, 6.45) is 0.215. The Labute approximate surface area is 107 Å². The summed E-state index contributed by atoms with van der Waals surface area (Å²) >= 11 is 0. The number of carboxylic acids is 1. The molecule has 0 aliphatic carbocycles. The molecule has 0 aromatic heterocycles. The molecule has 0 aromatic carbocycles. The molecule has 0 bridgehead atoms. The maximum Gasteiger partial charge on any atom is 0.326 e. The molecular weight excluding hydrogens is 240 g/mol. The predicted octanol–water partition coefficient (Wildman–Crippen LogP) is 0.200. The van der Waals surface area contributed by atoms with Crippen LogP contribution >= 0.6 is 0 Å². The highest BCUT2D eigenvalue weighted by atomic mass is 16.5. The fourth-order valence-electron chi connectivity index (χ4n) is 1.07. The van der Waals surface area contributed by atoms with Crippen LogP contribution in [-0.2, 0) is 14.3 Å². The molecule has 0 aromatic rings. The number of carboxylic acid groups (broad SMARTS) is 1. The van der Waals surface area contributed by atoms with Crippen LogP contribution in [0.5, 0.6) is 0 Å². The average Bonchev–Trinajstić information content (AvgIpc) is 2.31. The molecule has 0 spiro atoms. The van der Waals surface area contributed by atoms with Crippen molar-refractivity contribution in [3.8, 4) is 0 Å². The zero-order valence-electron chi connectivity index (χ0n) is 11.3. The first kappa shape index (κ1) is 16.7. The molecule has 106 valence electrons. The predicted molar refractivity (Wildman–Crippen MR) is 65.5 cm³/mol. The van der Waals surface area contributed by atoms with Gasteiger partial charge in [0.25, 0.3) is 0 Å².